The summed E-state index contributed by atoms with van der Waals surface area (Å²) in [6.07, 6.45) is 3.05. The van der Waals surface area contributed by atoms with Gasteiger partial charge in [-0.15, -0.1) is 0 Å². The Bertz CT molecular complexity index is 1210. The molecule has 0 saturated carbocycles. The lowest BCUT2D eigenvalue weighted by atomic mass is 10.1. The first-order valence-corrected chi connectivity index (χ1v) is 14.1. The van der Waals surface area contributed by atoms with Crippen LogP contribution in [0.5, 0.6) is 0 Å². The van der Waals surface area contributed by atoms with Gasteiger partial charge in [-0.3, -0.25) is 4.79 Å². The van der Waals surface area contributed by atoms with Crippen LogP contribution < -0.4 is 21.7 Å². The van der Waals surface area contributed by atoms with Gasteiger partial charge in [0.25, 0.3) is 0 Å². The Kier molecular flexibility index (Phi) is 10.9. The molecule has 0 aliphatic heterocycles. The highest BCUT2D eigenvalue weighted by molar-refractivity contribution is 6.23. The quantitative estimate of drug-likeness (QED) is 0.109. The number of nitrogens with zero attached hydrogens (tertiary/aromatic N) is 3. The molecule has 0 saturated heterocycles. The molecular formula is C30H45N7O3+2. The lowest BCUT2D eigenvalue weighted by Gasteiger charge is -2.27. The van der Waals surface area contributed by atoms with Crippen molar-refractivity contribution in [3.8, 4) is 0 Å². The zero-order valence-electron chi connectivity index (χ0n) is 24.2. The van der Waals surface area contributed by atoms with Gasteiger partial charge < -0.3 is 21.7 Å². The molecular weight excluding hydrogens is 506 g/mol. The minimum Gasteiger partial charge on any atom is -0.397 e. The second-order valence-electron chi connectivity index (χ2n) is 10.0. The van der Waals surface area contributed by atoms with E-state index in [1.165, 1.54) is 6.08 Å². The van der Waals surface area contributed by atoms with Crippen LogP contribution in [-0.2, 0) is 4.79 Å². The summed E-state index contributed by atoms with van der Waals surface area (Å²) in [4.78, 5) is 17.3. The highest BCUT2D eigenvalue weighted by Crippen LogP contribution is 2.21. The first-order chi connectivity index (χ1) is 19.1. The number of rotatable bonds is 15. The number of nitrogens with one attached hydrogen (secondary N) is 3. The summed E-state index contributed by atoms with van der Waals surface area (Å²) in [6, 6.07) is 15.3. The van der Waals surface area contributed by atoms with Crippen molar-refractivity contribution in [1.82, 2.24) is 0 Å². The number of ketones is 1. The maximum atomic E-state index is 12.6. The van der Waals surface area contributed by atoms with E-state index in [1.54, 1.807) is 6.08 Å². The van der Waals surface area contributed by atoms with E-state index in [2.05, 4.69) is 20.9 Å². The van der Waals surface area contributed by atoms with Gasteiger partial charge in [-0.05, 0) is 82.3 Å². The van der Waals surface area contributed by atoms with Crippen molar-refractivity contribution in [2.45, 2.75) is 27.7 Å². The Labute approximate surface area is 237 Å². The van der Waals surface area contributed by atoms with Crippen LogP contribution in [0.25, 0.3) is 0 Å². The molecule has 10 nitrogen and oxygen atoms in total. The Morgan fingerprint density at radius 3 is 1.65 bits per heavy atom. The van der Waals surface area contributed by atoms with Gasteiger partial charge in [0, 0.05) is 23.1 Å². The van der Waals surface area contributed by atoms with Crippen molar-refractivity contribution in [2.24, 2.45) is 10.7 Å². The number of hydroxylamine groups is 6. The van der Waals surface area contributed by atoms with Gasteiger partial charge in [-0.2, -0.15) is 9.29 Å². The third-order valence-corrected chi connectivity index (χ3v) is 7.48. The highest BCUT2D eigenvalue weighted by Gasteiger charge is 2.21. The molecule has 0 radical (unpaired) electrons. The van der Waals surface area contributed by atoms with Crippen molar-refractivity contribution in [1.29, 1.82) is 0 Å². The standard InChI is InChI=1S/C30H44N7O3/c1-5-36(39,6-2)19-17-32-23-9-13-25(14-10-23)34-28-22-29(30(38)21-27(28)31)35-26-15-11-24(12-16-26)33-18-20-37(40,7-3)8-4/h9-16,21-22,39-40H,5-8,17-20H2,1-4H3,(H4-,31,32,33,34,35,38)/q+1/p+1. The number of nitrogens with two attached hydrogens (primary N) is 1. The van der Waals surface area contributed by atoms with E-state index in [0.717, 1.165) is 17.1 Å². The molecule has 7 N–H and O–H groups in total. The second kappa shape index (κ2) is 14.1. The first kappa shape index (κ1) is 30.8. The summed E-state index contributed by atoms with van der Waals surface area (Å²) in [5.74, 6) is -0.216. The molecule has 0 spiro atoms. The van der Waals surface area contributed by atoms with E-state index in [-0.39, 0.29) is 15.1 Å². The third kappa shape index (κ3) is 8.65. The average Bonchev–Trinajstić information content (AvgIpc) is 2.97. The molecule has 1 aliphatic rings. The number of quaternary nitrogens is 2. The van der Waals surface area contributed by atoms with Crippen LogP contribution >= 0.6 is 0 Å². The highest BCUT2D eigenvalue weighted by atomic mass is 16.5. The molecule has 0 atom stereocenters. The maximum absolute atomic E-state index is 12.6. The number of carbonyl (C=O) groups is 1. The SMILES string of the molecule is CC[N+](O)(CC)CCNc1ccc(N=C2C=C(Nc3ccc(NCC[N+](O)(CC)CC)cc3)C(=O)C=C2N)cc1. The summed E-state index contributed by atoms with van der Waals surface area (Å²) in [5, 5.41) is 30.6. The van der Waals surface area contributed by atoms with Crippen molar-refractivity contribution >= 4 is 34.2 Å². The largest absolute Gasteiger partial charge is 0.397 e. The van der Waals surface area contributed by atoms with E-state index in [9.17, 15) is 15.2 Å². The predicted molar refractivity (Wildman–Crippen MR) is 162 cm³/mol. The predicted octanol–water partition coefficient (Wildman–Crippen LogP) is 4.50. The zero-order valence-corrected chi connectivity index (χ0v) is 24.2. The van der Waals surface area contributed by atoms with Crippen LogP contribution in [0.15, 0.2) is 77.1 Å². The molecule has 1 aliphatic carbocycles. The number of likely N-dealkylation sites (N-methyl/N-ethyl adjacent to an activating group) is 2. The van der Waals surface area contributed by atoms with Crippen LogP contribution in [-0.4, -0.2) is 83.6 Å². The Morgan fingerprint density at radius 2 is 1.18 bits per heavy atom. The molecule has 10 heteroatoms. The minimum absolute atomic E-state index is 0.0349. The molecule has 0 aromatic heterocycles. The smallest absolute Gasteiger partial charge is 0.204 e. The fraction of sp³-hybridized carbons (Fsp3) is 0.400. The van der Waals surface area contributed by atoms with Gasteiger partial charge in [0.1, 0.15) is 39.3 Å². The van der Waals surface area contributed by atoms with Crippen LogP contribution in [0.1, 0.15) is 27.7 Å². The molecule has 2 aromatic rings. The van der Waals surface area contributed by atoms with Crippen LogP contribution in [0.3, 0.4) is 0 Å². The van der Waals surface area contributed by atoms with Gasteiger partial charge in [0.2, 0.25) is 5.78 Å². The molecule has 0 fully saturated rings. The lowest BCUT2D eigenvalue weighted by molar-refractivity contribution is -1.10. The molecule has 0 bridgehead atoms. The van der Waals surface area contributed by atoms with Gasteiger partial charge in [-0.1, -0.05) is 0 Å². The van der Waals surface area contributed by atoms with Crippen LogP contribution in [0.4, 0.5) is 22.7 Å². The van der Waals surface area contributed by atoms with Crippen molar-refractivity contribution in [3.05, 3.63) is 72.1 Å². The van der Waals surface area contributed by atoms with Gasteiger partial charge in [0.05, 0.1) is 35.9 Å². The van der Waals surface area contributed by atoms with E-state index in [0.29, 0.717) is 75.2 Å². The maximum Gasteiger partial charge on any atom is 0.204 e. The number of allylic oxidation sites excluding steroid dienone is 2. The van der Waals surface area contributed by atoms with Gasteiger partial charge in [0.15, 0.2) is 0 Å². The molecule has 2 aromatic carbocycles. The van der Waals surface area contributed by atoms with Crippen molar-refractivity contribution < 1.29 is 24.5 Å². The number of hydrogen-bond acceptors (Lipinski definition) is 8. The van der Waals surface area contributed by atoms with E-state index >= 15 is 0 Å². The Morgan fingerprint density at radius 1 is 0.725 bits per heavy atom. The third-order valence-electron chi connectivity index (χ3n) is 7.48. The van der Waals surface area contributed by atoms with E-state index < -0.39 is 0 Å². The summed E-state index contributed by atoms with van der Waals surface area (Å²) < 4.78 is 0.0721. The number of benzene rings is 2. The molecule has 3 rings (SSSR count). The topological polar surface area (TPSA) is 132 Å². The Hall–Kier alpha value is -3.70. The van der Waals surface area contributed by atoms with Crippen molar-refractivity contribution in [3.63, 3.8) is 0 Å². The van der Waals surface area contributed by atoms with Gasteiger partial charge in [-0.25, -0.2) is 15.4 Å². The Balaban J connectivity index is 1.61. The fourth-order valence-corrected chi connectivity index (χ4v) is 4.29. The molecule has 0 unspecified atom stereocenters. The minimum atomic E-state index is -0.216. The molecule has 216 valence electrons. The molecule has 0 amide bonds. The lowest BCUT2D eigenvalue weighted by Crippen LogP contribution is -2.47. The average molecular weight is 552 g/mol. The summed E-state index contributed by atoms with van der Waals surface area (Å²) >= 11 is 0. The summed E-state index contributed by atoms with van der Waals surface area (Å²) in [7, 11) is 0. The summed E-state index contributed by atoms with van der Waals surface area (Å²) in [5.41, 5.74) is 10.7. The molecule has 0 heterocycles. The van der Waals surface area contributed by atoms with Crippen molar-refractivity contribution in [2.75, 3.05) is 68.3 Å². The number of aliphatic imine (C=N–C) groups is 1. The fourth-order valence-electron chi connectivity index (χ4n) is 4.29. The number of anilines is 3. The summed E-state index contributed by atoms with van der Waals surface area (Å²) in [6.45, 7) is 13.1. The van der Waals surface area contributed by atoms with E-state index in [1.807, 2.05) is 76.2 Å². The zero-order chi connectivity index (χ0) is 29.2. The first-order valence-electron chi connectivity index (χ1n) is 14.1. The molecule has 40 heavy (non-hydrogen) atoms. The van der Waals surface area contributed by atoms with Crippen LogP contribution in [0, 0.1) is 0 Å². The number of hydrogen-bond donors (Lipinski definition) is 6. The second-order valence-corrected chi connectivity index (χ2v) is 10.0. The van der Waals surface area contributed by atoms with E-state index in [4.69, 9.17) is 5.73 Å². The van der Waals surface area contributed by atoms with Gasteiger partial charge >= 0.3 is 0 Å². The normalized spacial score (nSPS) is 15.1. The number of carbonyl (C=O) groups excluding carboxylic acids is 1. The monoisotopic (exact) mass is 551 g/mol. The van der Waals surface area contributed by atoms with Crippen LogP contribution in [0.2, 0.25) is 0 Å².